The number of nitrogens with zero attached hydrogens (tertiary/aromatic N) is 1. The van der Waals surface area contributed by atoms with E-state index < -0.39 is 5.97 Å². The van der Waals surface area contributed by atoms with Crippen molar-refractivity contribution in [2.24, 2.45) is 0 Å². The lowest BCUT2D eigenvalue weighted by Crippen LogP contribution is -1.98. The van der Waals surface area contributed by atoms with E-state index in [-0.39, 0.29) is 11.6 Å². The molecule has 112 valence electrons. The van der Waals surface area contributed by atoms with Gasteiger partial charge in [-0.3, -0.25) is 4.79 Å². The lowest BCUT2D eigenvalue weighted by atomic mass is 10.2. The van der Waals surface area contributed by atoms with Gasteiger partial charge in [-0.25, -0.2) is 4.39 Å². The topological polar surface area (TPSA) is 42.2 Å². The van der Waals surface area contributed by atoms with Crippen molar-refractivity contribution in [3.8, 4) is 0 Å². The fourth-order valence-corrected chi connectivity index (χ4v) is 3.24. The molecule has 0 amide bonds. The summed E-state index contributed by atoms with van der Waals surface area (Å²) in [7, 11) is 0. The molecule has 0 fully saturated rings. The highest BCUT2D eigenvalue weighted by atomic mass is 32.2. The van der Waals surface area contributed by atoms with Crippen molar-refractivity contribution in [2.45, 2.75) is 11.4 Å². The molecule has 0 aliphatic carbocycles. The van der Waals surface area contributed by atoms with E-state index in [0.29, 0.717) is 6.54 Å². The number of hydrogen-bond donors (Lipinski definition) is 1. The molecule has 3 rings (SSSR count). The Hall–Kier alpha value is -2.27. The van der Waals surface area contributed by atoms with Crippen molar-refractivity contribution < 1.29 is 14.3 Å². The van der Waals surface area contributed by atoms with Gasteiger partial charge in [0.05, 0.1) is 5.75 Å². The quantitative estimate of drug-likeness (QED) is 0.724. The summed E-state index contributed by atoms with van der Waals surface area (Å²) in [4.78, 5) is 11.7. The van der Waals surface area contributed by atoms with Crippen LogP contribution in [0.5, 0.6) is 0 Å². The van der Waals surface area contributed by atoms with E-state index in [1.165, 1.54) is 23.9 Å². The van der Waals surface area contributed by atoms with Crippen molar-refractivity contribution in [3.63, 3.8) is 0 Å². The largest absolute Gasteiger partial charge is 0.481 e. The summed E-state index contributed by atoms with van der Waals surface area (Å²) in [6.45, 7) is 0.548. The highest BCUT2D eigenvalue weighted by molar-refractivity contribution is 8.00. The van der Waals surface area contributed by atoms with E-state index in [2.05, 4.69) is 0 Å². The number of para-hydroxylation sites is 1. The smallest absolute Gasteiger partial charge is 0.313 e. The Bertz CT molecular complexity index is 828. The minimum absolute atomic E-state index is 0.0218. The van der Waals surface area contributed by atoms with Gasteiger partial charge in [-0.1, -0.05) is 30.3 Å². The maximum absolute atomic E-state index is 13.3. The fourth-order valence-electron chi connectivity index (χ4n) is 2.43. The van der Waals surface area contributed by atoms with Gasteiger partial charge in [-0.15, -0.1) is 11.8 Å². The molecule has 0 atom stereocenters. The minimum Gasteiger partial charge on any atom is -0.481 e. The van der Waals surface area contributed by atoms with Crippen LogP contribution in [0.4, 0.5) is 4.39 Å². The first kappa shape index (κ1) is 14.7. The SMILES string of the molecule is O=C(O)CSc1cn(Cc2cccc(F)c2)c2ccccc12. The third kappa shape index (κ3) is 3.14. The molecule has 5 heteroatoms. The van der Waals surface area contributed by atoms with E-state index in [0.717, 1.165) is 21.4 Å². The number of aliphatic carboxylic acids is 1. The van der Waals surface area contributed by atoms with Gasteiger partial charge >= 0.3 is 5.97 Å². The molecule has 0 spiro atoms. The number of thioether (sulfide) groups is 1. The summed E-state index contributed by atoms with van der Waals surface area (Å²) in [5, 5.41) is 9.87. The average molecular weight is 315 g/mol. The second-order valence-corrected chi connectivity index (χ2v) is 5.97. The van der Waals surface area contributed by atoms with Gasteiger partial charge < -0.3 is 9.67 Å². The fraction of sp³-hybridized carbons (Fsp3) is 0.118. The predicted molar refractivity (Wildman–Crippen MR) is 85.8 cm³/mol. The van der Waals surface area contributed by atoms with Crippen molar-refractivity contribution in [2.75, 3.05) is 5.75 Å². The Balaban J connectivity index is 1.97. The van der Waals surface area contributed by atoms with E-state index in [1.54, 1.807) is 6.07 Å². The number of fused-ring (bicyclic) bond motifs is 1. The van der Waals surface area contributed by atoms with Crippen LogP contribution in [0, 0.1) is 5.82 Å². The van der Waals surface area contributed by atoms with E-state index in [1.807, 2.05) is 41.1 Å². The Kier molecular flexibility index (Phi) is 4.15. The Labute approximate surface area is 131 Å². The summed E-state index contributed by atoms with van der Waals surface area (Å²) in [6, 6.07) is 14.3. The third-order valence-electron chi connectivity index (χ3n) is 3.35. The number of rotatable bonds is 5. The molecule has 0 saturated carbocycles. The monoisotopic (exact) mass is 315 g/mol. The van der Waals surface area contributed by atoms with Crippen LogP contribution >= 0.6 is 11.8 Å². The summed E-state index contributed by atoms with van der Waals surface area (Å²) >= 11 is 1.30. The lowest BCUT2D eigenvalue weighted by Gasteiger charge is -2.05. The zero-order valence-electron chi connectivity index (χ0n) is 11.7. The predicted octanol–water partition coefficient (Wildman–Crippen LogP) is 4.01. The molecular weight excluding hydrogens is 301 g/mol. The molecule has 3 aromatic rings. The molecule has 0 unspecified atom stereocenters. The summed E-state index contributed by atoms with van der Waals surface area (Å²) in [6.07, 6.45) is 1.93. The first-order valence-electron chi connectivity index (χ1n) is 6.80. The maximum atomic E-state index is 13.3. The molecular formula is C17H14FNO2S. The zero-order chi connectivity index (χ0) is 15.5. The number of benzene rings is 2. The molecule has 2 aromatic carbocycles. The maximum Gasteiger partial charge on any atom is 0.313 e. The van der Waals surface area contributed by atoms with Crippen molar-refractivity contribution >= 4 is 28.6 Å². The molecule has 0 aliphatic heterocycles. The van der Waals surface area contributed by atoms with Gasteiger partial charge in [-0.05, 0) is 23.8 Å². The summed E-state index contributed by atoms with van der Waals surface area (Å²) in [5.74, 6) is -1.07. The van der Waals surface area contributed by atoms with E-state index in [9.17, 15) is 9.18 Å². The molecule has 0 saturated heterocycles. The minimum atomic E-state index is -0.841. The molecule has 0 radical (unpaired) electrons. The first-order chi connectivity index (χ1) is 10.6. The summed E-state index contributed by atoms with van der Waals surface area (Å²) < 4.78 is 15.3. The lowest BCUT2D eigenvalue weighted by molar-refractivity contribution is -0.133. The van der Waals surface area contributed by atoms with Gasteiger partial charge in [0.25, 0.3) is 0 Å². The van der Waals surface area contributed by atoms with Crippen LogP contribution in [0.3, 0.4) is 0 Å². The van der Waals surface area contributed by atoms with E-state index in [4.69, 9.17) is 5.11 Å². The van der Waals surface area contributed by atoms with Crippen LogP contribution in [0.2, 0.25) is 0 Å². The third-order valence-corrected chi connectivity index (χ3v) is 4.37. The van der Waals surface area contributed by atoms with Crippen LogP contribution in [0.15, 0.2) is 59.6 Å². The van der Waals surface area contributed by atoms with Crippen molar-refractivity contribution in [3.05, 3.63) is 66.1 Å². The highest BCUT2D eigenvalue weighted by Gasteiger charge is 2.10. The highest BCUT2D eigenvalue weighted by Crippen LogP contribution is 2.30. The normalized spacial score (nSPS) is 11.0. The Morgan fingerprint density at radius 2 is 2.00 bits per heavy atom. The second kappa shape index (κ2) is 6.23. The van der Waals surface area contributed by atoms with Crippen LogP contribution in [0.25, 0.3) is 10.9 Å². The Morgan fingerprint density at radius 1 is 1.18 bits per heavy atom. The van der Waals surface area contributed by atoms with Crippen LogP contribution in [-0.4, -0.2) is 21.4 Å². The molecule has 22 heavy (non-hydrogen) atoms. The zero-order valence-corrected chi connectivity index (χ0v) is 12.5. The van der Waals surface area contributed by atoms with Gasteiger partial charge in [0.1, 0.15) is 5.82 Å². The number of halogens is 1. The molecule has 0 aliphatic rings. The molecule has 1 heterocycles. The van der Waals surface area contributed by atoms with Crippen molar-refractivity contribution in [1.29, 1.82) is 0 Å². The van der Waals surface area contributed by atoms with Gasteiger partial charge in [-0.2, -0.15) is 0 Å². The molecule has 3 nitrogen and oxygen atoms in total. The van der Waals surface area contributed by atoms with Gasteiger partial charge in [0.2, 0.25) is 0 Å². The number of hydrogen-bond acceptors (Lipinski definition) is 2. The molecule has 1 N–H and O–H groups in total. The van der Waals surface area contributed by atoms with Crippen molar-refractivity contribution in [1.82, 2.24) is 4.57 Å². The average Bonchev–Trinajstić information content (AvgIpc) is 2.84. The first-order valence-corrected chi connectivity index (χ1v) is 7.79. The van der Waals surface area contributed by atoms with Crippen LogP contribution in [0.1, 0.15) is 5.56 Å². The Morgan fingerprint density at radius 3 is 2.77 bits per heavy atom. The van der Waals surface area contributed by atoms with Gasteiger partial charge in [0.15, 0.2) is 0 Å². The molecule has 0 bridgehead atoms. The number of carboxylic acid groups (broad SMARTS) is 1. The van der Waals surface area contributed by atoms with Crippen LogP contribution < -0.4 is 0 Å². The van der Waals surface area contributed by atoms with E-state index >= 15 is 0 Å². The molecule has 1 aromatic heterocycles. The van der Waals surface area contributed by atoms with Gasteiger partial charge in [0, 0.05) is 28.5 Å². The summed E-state index contributed by atoms with van der Waals surface area (Å²) in [5.41, 5.74) is 1.88. The number of aromatic nitrogens is 1. The number of carbonyl (C=O) groups is 1. The van der Waals surface area contributed by atoms with Crippen LogP contribution in [-0.2, 0) is 11.3 Å². The standard InChI is InChI=1S/C17H14FNO2S/c18-13-5-3-4-12(8-13)9-19-10-16(22-11-17(20)21)14-6-1-2-7-15(14)19/h1-8,10H,9,11H2,(H,20,21). The second-order valence-electron chi connectivity index (χ2n) is 4.95. The number of carboxylic acids is 1.